The molecule has 10 nitrogen and oxygen atoms in total. The Morgan fingerprint density at radius 1 is 1.24 bits per heavy atom. The van der Waals surface area contributed by atoms with Crippen molar-refractivity contribution in [2.75, 3.05) is 19.0 Å². The van der Waals surface area contributed by atoms with E-state index >= 15 is 0 Å². The van der Waals surface area contributed by atoms with Crippen LogP contribution in [-0.4, -0.2) is 45.3 Å². The number of hydrogen-bond acceptors (Lipinski definition) is 6. The number of nitrogens with two attached hydrogens (primary N) is 1. The van der Waals surface area contributed by atoms with Crippen molar-refractivity contribution in [2.24, 2.45) is 5.73 Å². The molecule has 1 aliphatic rings. The summed E-state index contributed by atoms with van der Waals surface area (Å²) < 4.78 is 12.5. The van der Waals surface area contributed by atoms with E-state index in [0.29, 0.717) is 23.3 Å². The topological polar surface area (TPSA) is 137 Å². The lowest BCUT2D eigenvalue weighted by Crippen LogP contribution is -2.25. The molecular weight excluding hydrogens is 424 g/mol. The van der Waals surface area contributed by atoms with Gasteiger partial charge in [0, 0.05) is 17.9 Å². The number of methoxy groups -OCH3 is 1. The molecule has 0 fully saturated rings. The van der Waals surface area contributed by atoms with Crippen molar-refractivity contribution in [3.8, 4) is 17.4 Å². The zero-order chi connectivity index (χ0) is 23.1. The van der Waals surface area contributed by atoms with Gasteiger partial charge < -0.3 is 25.5 Å². The van der Waals surface area contributed by atoms with E-state index in [1.807, 2.05) is 37.3 Å². The summed E-state index contributed by atoms with van der Waals surface area (Å²) in [7, 11) is 1.51. The summed E-state index contributed by atoms with van der Waals surface area (Å²) in [6.45, 7) is 1.65. The van der Waals surface area contributed by atoms with Crippen molar-refractivity contribution in [3.63, 3.8) is 0 Å². The van der Waals surface area contributed by atoms with Crippen LogP contribution in [0, 0.1) is 6.92 Å². The van der Waals surface area contributed by atoms with Crippen LogP contribution >= 0.6 is 0 Å². The number of benzene rings is 2. The molecule has 1 atom stereocenters. The van der Waals surface area contributed by atoms with E-state index in [1.165, 1.54) is 7.11 Å². The third-order valence-electron chi connectivity index (χ3n) is 5.64. The highest BCUT2D eigenvalue weighted by atomic mass is 16.5. The second kappa shape index (κ2) is 7.97. The number of rotatable bonds is 6. The number of hydrogen-bond donors (Lipinski definition) is 3. The van der Waals surface area contributed by atoms with Crippen LogP contribution in [-0.2, 0) is 9.59 Å². The number of ether oxygens (including phenoxy) is 2. The van der Waals surface area contributed by atoms with Gasteiger partial charge in [0.05, 0.1) is 23.8 Å². The predicted molar refractivity (Wildman–Crippen MR) is 121 cm³/mol. The first-order valence-corrected chi connectivity index (χ1v) is 10.4. The number of nitrogens with one attached hydrogen (secondary N) is 2. The first kappa shape index (κ1) is 20.6. The lowest BCUT2D eigenvalue weighted by atomic mass is 9.85. The van der Waals surface area contributed by atoms with Gasteiger partial charge >= 0.3 is 0 Å². The number of carbonyl (C=O) groups excluding carboxylic acids is 2. The molecule has 0 saturated carbocycles. The van der Waals surface area contributed by atoms with Crippen LogP contribution in [0.2, 0.25) is 0 Å². The van der Waals surface area contributed by atoms with E-state index in [9.17, 15) is 9.59 Å². The van der Waals surface area contributed by atoms with Gasteiger partial charge in [0.1, 0.15) is 5.82 Å². The van der Waals surface area contributed by atoms with Gasteiger partial charge in [-0.25, -0.2) is 4.98 Å². The third kappa shape index (κ3) is 3.65. The number of primary amides is 1. The number of imidazole rings is 1. The number of aryl methyl sites for hydroxylation is 1. The fourth-order valence-corrected chi connectivity index (χ4v) is 4.19. The highest BCUT2D eigenvalue weighted by Gasteiger charge is 2.33. The second-order valence-electron chi connectivity index (χ2n) is 7.81. The second-order valence-corrected chi connectivity index (χ2v) is 7.81. The molecule has 10 heteroatoms. The van der Waals surface area contributed by atoms with Gasteiger partial charge in [-0.2, -0.15) is 9.78 Å². The molecule has 4 N–H and O–H groups in total. The number of aromatic nitrogens is 4. The van der Waals surface area contributed by atoms with Gasteiger partial charge in [-0.3, -0.25) is 9.59 Å². The molecule has 168 valence electrons. The molecule has 0 unspecified atom stereocenters. The van der Waals surface area contributed by atoms with E-state index < -0.39 is 5.91 Å². The van der Waals surface area contributed by atoms with E-state index in [4.69, 9.17) is 15.2 Å². The van der Waals surface area contributed by atoms with Crippen LogP contribution in [0.1, 0.15) is 29.2 Å². The Morgan fingerprint density at radius 3 is 2.82 bits per heavy atom. The van der Waals surface area contributed by atoms with Gasteiger partial charge in [0.15, 0.2) is 18.1 Å². The van der Waals surface area contributed by atoms with Gasteiger partial charge in [0.25, 0.3) is 5.91 Å². The number of fused-ring (bicyclic) bond motifs is 2. The zero-order valence-electron chi connectivity index (χ0n) is 18.1. The minimum Gasteiger partial charge on any atom is -0.493 e. The average molecular weight is 446 g/mol. The van der Waals surface area contributed by atoms with Crippen molar-refractivity contribution in [1.29, 1.82) is 0 Å². The molecule has 4 aromatic rings. The number of carbonyl (C=O) groups is 2. The van der Waals surface area contributed by atoms with Crippen molar-refractivity contribution in [2.45, 2.75) is 19.3 Å². The molecule has 0 aliphatic carbocycles. The van der Waals surface area contributed by atoms with Gasteiger partial charge in [-0.15, -0.1) is 0 Å². The molecule has 2 aromatic heterocycles. The number of para-hydroxylation sites is 2. The van der Waals surface area contributed by atoms with Gasteiger partial charge in [0.2, 0.25) is 11.9 Å². The van der Waals surface area contributed by atoms with Crippen molar-refractivity contribution >= 4 is 28.7 Å². The smallest absolute Gasteiger partial charge is 0.255 e. The summed E-state index contributed by atoms with van der Waals surface area (Å²) >= 11 is 0. The van der Waals surface area contributed by atoms with Crippen molar-refractivity contribution < 1.29 is 19.1 Å². The highest BCUT2D eigenvalue weighted by Crippen LogP contribution is 2.42. The summed E-state index contributed by atoms with van der Waals surface area (Å²) in [5.74, 6) is 1.00. The molecule has 2 amide bonds. The van der Waals surface area contributed by atoms with E-state index in [0.717, 1.165) is 27.9 Å². The fourth-order valence-electron chi connectivity index (χ4n) is 4.19. The van der Waals surface area contributed by atoms with E-state index in [2.05, 4.69) is 20.4 Å². The maximum atomic E-state index is 12.7. The Hall–Kier alpha value is -4.34. The Morgan fingerprint density at radius 2 is 2.06 bits per heavy atom. The SMILES string of the molecule is COc1cc([C@H]2CC(=O)Nc3c2c(C)nn3-c2nc3ccccc3[nH]2)ccc1OCC(N)=O. The minimum atomic E-state index is -0.580. The van der Waals surface area contributed by atoms with Crippen LogP contribution < -0.4 is 20.5 Å². The van der Waals surface area contributed by atoms with Crippen LogP contribution in [0.3, 0.4) is 0 Å². The summed E-state index contributed by atoms with van der Waals surface area (Å²) in [4.78, 5) is 31.6. The fraction of sp³-hybridized carbons (Fsp3) is 0.217. The summed E-state index contributed by atoms with van der Waals surface area (Å²) in [5, 5.41) is 7.64. The minimum absolute atomic E-state index is 0.127. The third-order valence-corrected chi connectivity index (χ3v) is 5.64. The largest absolute Gasteiger partial charge is 0.493 e. The lowest BCUT2D eigenvalue weighted by Gasteiger charge is -2.24. The highest BCUT2D eigenvalue weighted by molar-refractivity contribution is 5.95. The van der Waals surface area contributed by atoms with Crippen LogP contribution in [0.25, 0.3) is 17.0 Å². The van der Waals surface area contributed by atoms with Crippen LogP contribution in [0.5, 0.6) is 11.5 Å². The van der Waals surface area contributed by atoms with Crippen molar-refractivity contribution in [1.82, 2.24) is 19.7 Å². The maximum absolute atomic E-state index is 12.7. The number of aromatic amines is 1. The zero-order valence-corrected chi connectivity index (χ0v) is 18.1. The quantitative estimate of drug-likeness (QED) is 0.416. The lowest BCUT2D eigenvalue weighted by molar-refractivity contribution is -0.120. The molecular formula is C23H22N6O4. The van der Waals surface area contributed by atoms with E-state index in [1.54, 1.807) is 16.8 Å². The number of amides is 2. The standard InChI is InChI=1S/C23H22N6O4/c1-12-21-14(13-7-8-17(18(9-13)32-2)33-11-19(24)30)10-20(31)27-22(21)29(28-12)23-25-15-5-3-4-6-16(15)26-23/h3-9,14H,10-11H2,1-2H3,(H2,24,30)(H,25,26)(H,27,31)/t14-/m1/s1. The molecule has 33 heavy (non-hydrogen) atoms. The number of H-pyrrole nitrogens is 1. The first-order valence-electron chi connectivity index (χ1n) is 10.4. The average Bonchev–Trinajstić information content (AvgIpc) is 3.38. The summed E-state index contributed by atoms with van der Waals surface area (Å²) in [5.41, 5.74) is 9.41. The van der Waals surface area contributed by atoms with Gasteiger partial charge in [-0.1, -0.05) is 18.2 Å². The number of nitrogens with zero attached hydrogens (tertiary/aromatic N) is 3. The normalized spacial score (nSPS) is 15.2. The summed E-state index contributed by atoms with van der Waals surface area (Å²) in [6, 6.07) is 13.1. The molecule has 3 heterocycles. The molecule has 2 aromatic carbocycles. The van der Waals surface area contributed by atoms with E-state index in [-0.39, 0.29) is 24.9 Å². The first-order chi connectivity index (χ1) is 15.9. The Bertz CT molecular complexity index is 1360. The molecule has 0 bridgehead atoms. The van der Waals surface area contributed by atoms with Crippen LogP contribution in [0.15, 0.2) is 42.5 Å². The molecule has 5 rings (SSSR count). The van der Waals surface area contributed by atoms with Crippen molar-refractivity contribution in [3.05, 3.63) is 59.3 Å². The summed E-state index contributed by atoms with van der Waals surface area (Å²) in [6.07, 6.45) is 0.254. The van der Waals surface area contributed by atoms with Gasteiger partial charge in [-0.05, 0) is 36.8 Å². The number of anilines is 1. The van der Waals surface area contributed by atoms with Crippen LogP contribution in [0.4, 0.5) is 5.82 Å². The molecule has 1 aliphatic heterocycles. The molecule has 0 saturated heterocycles. The monoisotopic (exact) mass is 446 g/mol. The Labute approximate surface area is 188 Å². The Balaban J connectivity index is 1.57. The predicted octanol–water partition coefficient (Wildman–Crippen LogP) is 2.40. The Kier molecular flexibility index (Phi) is 4.97. The maximum Gasteiger partial charge on any atom is 0.255 e. The molecule has 0 radical (unpaired) electrons. The molecule has 0 spiro atoms.